The van der Waals surface area contributed by atoms with E-state index in [-0.39, 0.29) is 17.2 Å². The molecule has 0 saturated carbocycles. The number of rotatable bonds is 3. The first-order valence-corrected chi connectivity index (χ1v) is 5.72. The average molecular weight is 276 g/mol. The van der Waals surface area contributed by atoms with Crippen molar-refractivity contribution < 1.29 is 14.2 Å². The van der Waals surface area contributed by atoms with Gasteiger partial charge in [0.2, 0.25) is 0 Å². The third-order valence-corrected chi connectivity index (χ3v) is 2.56. The van der Waals surface area contributed by atoms with Crippen molar-refractivity contribution in [1.82, 2.24) is 5.16 Å². The molecule has 0 fully saturated rings. The lowest BCUT2D eigenvalue weighted by Gasteiger charge is -2.08. The Labute approximate surface area is 113 Å². The normalized spacial score (nSPS) is 10.1. The number of amides is 2. The molecule has 104 valence electrons. The molecule has 1 aromatic heterocycles. The summed E-state index contributed by atoms with van der Waals surface area (Å²) in [6.07, 6.45) is 0. The fraction of sp³-hybridized carbons (Fsp3) is 0.167. The molecule has 2 rings (SSSR count). The number of nitro benzene ring substituents is 1. The summed E-state index contributed by atoms with van der Waals surface area (Å²) in [6, 6.07) is 5.45. The third kappa shape index (κ3) is 2.91. The molecule has 0 aliphatic carbocycles. The summed E-state index contributed by atoms with van der Waals surface area (Å²) in [7, 11) is 0. The van der Waals surface area contributed by atoms with Gasteiger partial charge in [-0.2, -0.15) is 0 Å². The van der Waals surface area contributed by atoms with Gasteiger partial charge >= 0.3 is 6.03 Å². The molecule has 0 aliphatic rings. The van der Waals surface area contributed by atoms with Gasteiger partial charge in [-0.1, -0.05) is 17.3 Å². The summed E-state index contributed by atoms with van der Waals surface area (Å²) in [5.41, 5.74) is 0.567. The first-order chi connectivity index (χ1) is 9.47. The van der Waals surface area contributed by atoms with E-state index in [1.807, 2.05) is 0 Å². The predicted octanol–water partition coefficient (Wildman–Crippen LogP) is 2.84. The van der Waals surface area contributed by atoms with Crippen LogP contribution in [0.4, 0.5) is 22.0 Å². The minimum Gasteiger partial charge on any atom is -0.360 e. The predicted molar refractivity (Wildman–Crippen MR) is 71.7 cm³/mol. The number of nitro groups is 1. The Morgan fingerprint density at radius 3 is 2.70 bits per heavy atom. The SMILES string of the molecule is Cc1cc(NC(=O)Nc2c(C)cccc2[N+](=O)[O-])no1. The van der Waals surface area contributed by atoms with Gasteiger partial charge in [0.1, 0.15) is 11.4 Å². The Hall–Kier alpha value is -2.90. The minimum absolute atomic E-state index is 0.148. The number of anilines is 2. The Balaban J connectivity index is 2.17. The molecule has 0 bridgehead atoms. The second kappa shape index (κ2) is 5.39. The number of benzene rings is 1. The maximum absolute atomic E-state index is 11.8. The molecular formula is C12H12N4O4. The number of carbonyl (C=O) groups is 1. The summed E-state index contributed by atoms with van der Waals surface area (Å²) in [5.74, 6) is 0.776. The van der Waals surface area contributed by atoms with Crippen molar-refractivity contribution in [3.63, 3.8) is 0 Å². The molecule has 0 unspecified atom stereocenters. The van der Waals surface area contributed by atoms with Crippen LogP contribution in [0.5, 0.6) is 0 Å². The van der Waals surface area contributed by atoms with Crippen LogP contribution >= 0.6 is 0 Å². The smallest absolute Gasteiger partial charge is 0.325 e. The molecule has 0 radical (unpaired) electrons. The van der Waals surface area contributed by atoms with E-state index in [1.54, 1.807) is 26.0 Å². The standard InChI is InChI=1S/C12H12N4O4/c1-7-4-3-5-9(16(18)19)11(7)14-12(17)13-10-6-8(2)20-15-10/h3-6H,1-2H3,(H2,13,14,15,17). The van der Waals surface area contributed by atoms with Crippen LogP contribution in [-0.4, -0.2) is 16.1 Å². The number of carbonyl (C=O) groups excluding carboxylic acids is 1. The largest absolute Gasteiger partial charge is 0.360 e. The second-order valence-electron chi connectivity index (χ2n) is 4.13. The van der Waals surface area contributed by atoms with Crippen molar-refractivity contribution in [2.45, 2.75) is 13.8 Å². The van der Waals surface area contributed by atoms with Crippen LogP contribution in [-0.2, 0) is 0 Å². The number of nitrogens with one attached hydrogen (secondary N) is 2. The fourth-order valence-electron chi connectivity index (χ4n) is 1.65. The molecule has 0 atom stereocenters. The zero-order chi connectivity index (χ0) is 14.7. The average Bonchev–Trinajstić information content (AvgIpc) is 2.77. The van der Waals surface area contributed by atoms with E-state index < -0.39 is 11.0 Å². The van der Waals surface area contributed by atoms with Crippen LogP contribution in [0.25, 0.3) is 0 Å². The van der Waals surface area contributed by atoms with Crippen molar-refractivity contribution in [3.8, 4) is 0 Å². The number of nitrogens with zero attached hydrogens (tertiary/aromatic N) is 2. The number of urea groups is 1. The highest BCUT2D eigenvalue weighted by Crippen LogP contribution is 2.27. The molecule has 1 aromatic carbocycles. The molecular weight excluding hydrogens is 264 g/mol. The van der Waals surface area contributed by atoms with Crippen molar-refractivity contribution in [1.29, 1.82) is 0 Å². The lowest BCUT2D eigenvalue weighted by molar-refractivity contribution is -0.383. The van der Waals surface area contributed by atoms with Crippen molar-refractivity contribution in [2.24, 2.45) is 0 Å². The number of aryl methyl sites for hydroxylation is 2. The highest BCUT2D eigenvalue weighted by molar-refractivity contribution is 6.01. The van der Waals surface area contributed by atoms with E-state index in [2.05, 4.69) is 15.8 Å². The summed E-state index contributed by atoms with van der Waals surface area (Å²) in [4.78, 5) is 22.2. The summed E-state index contributed by atoms with van der Waals surface area (Å²) < 4.78 is 4.80. The summed E-state index contributed by atoms with van der Waals surface area (Å²) in [5, 5.41) is 19.4. The van der Waals surface area contributed by atoms with Gasteiger partial charge in [-0.3, -0.25) is 15.4 Å². The molecule has 2 N–H and O–H groups in total. The zero-order valence-corrected chi connectivity index (χ0v) is 10.8. The van der Waals surface area contributed by atoms with Crippen molar-refractivity contribution in [3.05, 3.63) is 45.7 Å². The van der Waals surface area contributed by atoms with Gasteiger partial charge in [0.25, 0.3) is 5.69 Å². The Morgan fingerprint density at radius 2 is 2.10 bits per heavy atom. The maximum atomic E-state index is 11.8. The molecule has 2 amide bonds. The maximum Gasteiger partial charge on any atom is 0.325 e. The van der Waals surface area contributed by atoms with E-state index >= 15 is 0 Å². The van der Waals surface area contributed by atoms with Gasteiger partial charge in [-0.15, -0.1) is 0 Å². The molecule has 0 spiro atoms. The fourth-order valence-corrected chi connectivity index (χ4v) is 1.65. The van der Waals surface area contributed by atoms with Crippen LogP contribution in [0.3, 0.4) is 0 Å². The van der Waals surface area contributed by atoms with Crippen LogP contribution in [0.1, 0.15) is 11.3 Å². The second-order valence-corrected chi connectivity index (χ2v) is 4.13. The monoisotopic (exact) mass is 276 g/mol. The molecule has 8 heteroatoms. The van der Waals surface area contributed by atoms with E-state index in [4.69, 9.17) is 4.52 Å². The zero-order valence-electron chi connectivity index (χ0n) is 10.8. The van der Waals surface area contributed by atoms with Gasteiger partial charge in [0.15, 0.2) is 5.82 Å². The third-order valence-electron chi connectivity index (χ3n) is 2.56. The van der Waals surface area contributed by atoms with E-state index in [0.717, 1.165) is 0 Å². The Morgan fingerprint density at radius 1 is 1.35 bits per heavy atom. The van der Waals surface area contributed by atoms with E-state index in [1.165, 1.54) is 12.1 Å². The van der Waals surface area contributed by atoms with Crippen LogP contribution in [0.2, 0.25) is 0 Å². The van der Waals surface area contributed by atoms with Gasteiger partial charge < -0.3 is 9.84 Å². The van der Waals surface area contributed by atoms with Gasteiger partial charge in [-0.25, -0.2) is 4.79 Å². The molecule has 0 saturated heterocycles. The quantitative estimate of drug-likeness (QED) is 0.661. The highest BCUT2D eigenvalue weighted by atomic mass is 16.6. The van der Waals surface area contributed by atoms with Gasteiger partial charge in [-0.05, 0) is 19.4 Å². The molecule has 20 heavy (non-hydrogen) atoms. The Bertz CT molecular complexity index is 665. The molecule has 8 nitrogen and oxygen atoms in total. The highest BCUT2D eigenvalue weighted by Gasteiger charge is 2.18. The number of hydrogen-bond donors (Lipinski definition) is 2. The summed E-state index contributed by atoms with van der Waals surface area (Å²) in [6.45, 7) is 3.35. The van der Waals surface area contributed by atoms with Gasteiger partial charge in [0.05, 0.1) is 4.92 Å². The van der Waals surface area contributed by atoms with E-state index in [9.17, 15) is 14.9 Å². The minimum atomic E-state index is -0.629. The molecule has 0 aliphatic heterocycles. The number of aromatic nitrogens is 1. The lowest BCUT2D eigenvalue weighted by Crippen LogP contribution is -2.20. The first-order valence-electron chi connectivity index (χ1n) is 5.72. The van der Waals surface area contributed by atoms with E-state index in [0.29, 0.717) is 11.3 Å². The molecule has 2 aromatic rings. The van der Waals surface area contributed by atoms with Crippen LogP contribution in [0.15, 0.2) is 28.8 Å². The molecule has 1 heterocycles. The number of hydrogen-bond acceptors (Lipinski definition) is 5. The lowest BCUT2D eigenvalue weighted by atomic mass is 10.1. The number of para-hydroxylation sites is 1. The first kappa shape index (κ1) is 13.5. The Kier molecular flexibility index (Phi) is 3.65. The van der Waals surface area contributed by atoms with Crippen molar-refractivity contribution in [2.75, 3.05) is 10.6 Å². The van der Waals surface area contributed by atoms with Crippen LogP contribution in [0, 0.1) is 24.0 Å². The van der Waals surface area contributed by atoms with Crippen LogP contribution < -0.4 is 10.6 Å². The van der Waals surface area contributed by atoms with Crippen molar-refractivity contribution >= 4 is 23.2 Å². The summed E-state index contributed by atoms with van der Waals surface area (Å²) >= 11 is 0. The topological polar surface area (TPSA) is 110 Å². The van der Waals surface area contributed by atoms with Gasteiger partial charge in [0, 0.05) is 12.1 Å².